The third kappa shape index (κ3) is 5.85. The molecule has 4 aromatic carbocycles. The predicted molar refractivity (Wildman–Crippen MR) is 174 cm³/mol. The number of rotatable bonds is 8. The monoisotopic (exact) mass is 601 g/mol. The minimum atomic E-state index is -0.632. The fourth-order valence-electron chi connectivity index (χ4n) is 5.31. The number of carbonyl (C=O) groups excluding carboxylic acids is 1. The average molecular weight is 602 g/mol. The van der Waals surface area contributed by atoms with Crippen LogP contribution in [0, 0.1) is 6.92 Å². The van der Waals surface area contributed by atoms with Crippen molar-refractivity contribution < 1.29 is 14.3 Å². The van der Waals surface area contributed by atoms with Crippen molar-refractivity contribution >= 4 is 29.0 Å². The first-order valence-electron chi connectivity index (χ1n) is 14.2. The summed E-state index contributed by atoms with van der Waals surface area (Å²) in [7, 11) is 1.63. The van der Waals surface area contributed by atoms with Crippen molar-refractivity contribution in [3.63, 3.8) is 0 Å². The first-order valence-corrected chi connectivity index (χ1v) is 15.0. The van der Waals surface area contributed by atoms with Gasteiger partial charge in [0.2, 0.25) is 0 Å². The summed E-state index contributed by atoms with van der Waals surface area (Å²) in [6.45, 7) is 4.13. The Morgan fingerprint density at radius 3 is 2.36 bits per heavy atom. The molecule has 1 aliphatic heterocycles. The maximum Gasteiger partial charge on any atom is 0.271 e. The number of ether oxygens (including phenoxy) is 2. The van der Waals surface area contributed by atoms with Gasteiger partial charge in [-0.1, -0.05) is 84.1 Å². The topological polar surface area (TPSA) is 81.9 Å². The van der Waals surface area contributed by atoms with Crippen LogP contribution in [0.15, 0.2) is 124 Å². The van der Waals surface area contributed by atoms with E-state index in [0.29, 0.717) is 38.6 Å². The Bertz CT molecular complexity index is 2050. The molecule has 1 aromatic heterocycles. The van der Waals surface area contributed by atoms with Gasteiger partial charge in [0, 0.05) is 11.3 Å². The van der Waals surface area contributed by atoms with Crippen molar-refractivity contribution in [3.05, 3.63) is 156 Å². The quantitative estimate of drug-likeness (QED) is 0.245. The molecule has 220 valence electrons. The Hall–Kier alpha value is -5.21. The number of fused-ring (bicyclic) bond motifs is 1. The highest BCUT2D eigenvalue weighted by Crippen LogP contribution is 2.31. The first kappa shape index (κ1) is 28.9. The molecule has 44 heavy (non-hydrogen) atoms. The van der Waals surface area contributed by atoms with E-state index in [-0.39, 0.29) is 11.5 Å². The van der Waals surface area contributed by atoms with Crippen LogP contribution < -0.4 is 29.7 Å². The van der Waals surface area contributed by atoms with Crippen molar-refractivity contribution in [2.75, 3.05) is 12.4 Å². The van der Waals surface area contributed by atoms with Crippen LogP contribution in [0.3, 0.4) is 0 Å². The SMILES string of the molecule is COc1ccc(/C=c2\sc3n(c2=O)C(c2ccccc2)C(C(=O)Nc2ccccc2)=C(C)N=3)cc1COc1ccccc1C. The van der Waals surface area contributed by atoms with Crippen LogP contribution in [0.25, 0.3) is 6.08 Å². The molecular formula is C36H31N3O4S. The second kappa shape index (κ2) is 12.6. The Balaban J connectivity index is 1.40. The van der Waals surface area contributed by atoms with E-state index in [2.05, 4.69) is 5.32 Å². The zero-order chi connectivity index (χ0) is 30.6. The molecule has 0 saturated carbocycles. The number of para-hydroxylation sites is 2. The molecule has 6 rings (SSSR count). The van der Waals surface area contributed by atoms with Crippen molar-refractivity contribution in [1.82, 2.24) is 4.57 Å². The van der Waals surface area contributed by atoms with E-state index in [1.165, 1.54) is 11.3 Å². The summed E-state index contributed by atoms with van der Waals surface area (Å²) in [6, 6.07) is 31.8. The molecule has 1 aliphatic rings. The lowest BCUT2D eigenvalue weighted by molar-refractivity contribution is -0.113. The molecule has 0 spiro atoms. The molecule has 1 atom stereocenters. The van der Waals surface area contributed by atoms with Crippen molar-refractivity contribution in [3.8, 4) is 11.5 Å². The number of benzene rings is 4. The summed E-state index contributed by atoms with van der Waals surface area (Å²) in [5.74, 6) is 1.21. The molecule has 2 heterocycles. The molecule has 0 fully saturated rings. The number of carbonyl (C=O) groups is 1. The number of anilines is 1. The van der Waals surface area contributed by atoms with Crippen molar-refractivity contribution in [2.24, 2.45) is 4.99 Å². The van der Waals surface area contributed by atoms with Crippen LogP contribution in [0.4, 0.5) is 5.69 Å². The van der Waals surface area contributed by atoms with E-state index in [9.17, 15) is 9.59 Å². The number of allylic oxidation sites excluding steroid dienone is 1. The summed E-state index contributed by atoms with van der Waals surface area (Å²) in [6.07, 6.45) is 1.85. The zero-order valence-electron chi connectivity index (χ0n) is 24.6. The summed E-state index contributed by atoms with van der Waals surface area (Å²) >= 11 is 1.30. The number of hydrogen-bond acceptors (Lipinski definition) is 6. The fraction of sp³-hybridized carbons (Fsp3) is 0.139. The number of nitrogens with one attached hydrogen (secondary N) is 1. The fourth-order valence-corrected chi connectivity index (χ4v) is 6.36. The van der Waals surface area contributed by atoms with Gasteiger partial charge in [-0.3, -0.25) is 14.2 Å². The van der Waals surface area contributed by atoms with Gasteiger partial charge in [-0.2, -0.15) is 0 Å². The van der Waals surface area contributed by atoms with E-state index < -0.39 is 6.04 Å². The Kier molecular flexibility index (Phi) is 8.25. The van der Waals surface area contributed by atoms with Crippen LogP contribution in [0.5, 0.6) is 11.5 Å². The van der Waals surface area contributed by atoms with Gasteiger partial charge in [-0.25, -0.2) is 4.99 Å². The highest BCUT2D eigenvalue weighted by molar-refractivity contribution is 7.07. The molecule has 8 heteroatoms. The van der Waals surface area contributed by atoms with Gasteiger partial charge in [0.1, 0.15) is 18.1 Å². The van der Waals surface area contributed by atoms with Gasteiger partial charge < -0.3 is 14.8 Å². The third-order valence-corrected chi connectivity index (χ3v) is 8.48. The number of aryl methyl sites for hydroxylation is 1. The maximum absolute atomic E-state index is 14.1. The summed E-state index contributed by atoms with van der Waals surface area (Å²) < 4.78 is 13.8. The van der Waals surface area contributed by atoms with Gasteiger partial charge in [0.15, 0.2) is 4.80 Å². The van der Waals surface area contributed by atoms with Crippen LogP contribution >= 0.6 is 11.3 Å². The first-order chi connectivity index (χ1) is 21.4. The largest absolute Gasteiger partial charge is 0.496 e. The lowest BCUT2D eigenvalue weighted by Crippen LogP contribution is -2.40. The van der Waals surface area contributed by atoms with Gasteiger partial charge in [-0.15, -0.1) is 0 Å². The van der Waals surface area contributed by atoms with Gasteiger partial charge in [0.25, 0.3) is 11.5 Å². The lowest BCUT2D eigenvalue weighted by Gasteiger charge is -2.25. The number of aromatic nitrogens is 1. The summed E-state index contributed by atoms with van der Waals surface area (Å²) in [5.41, 5.74) is 5.01. The lowest BCUT2D eigenvalue weighted by atomic mass is 9.95. The molecule has 1 amide bonds. The minimum absolute atomic E-state index is 0.214. The van der Waals surface area contributed by atoms with E-state index in [1.54, 1.807) is 11.7 Å². The van der Waals surface area contributed by atoms with E-state index in [0.717, 1.165) is 28.0 Å². The van der Waals surface area contributed by atoms with Crippen LogP contribution in [-0.4, -0.2) is 17.6 Å². The maximum atomic E-state index is 14.1. The Labute approximate surface area is 259 Å². The highest BCUT2D eigenvalue weighted by Gasteiger charge is 2.32. The zero-order valence-corrected chi connectivity index (χ0v) is 25.4. The summed E-state index contributed by atoms with van der Waals surface area (Å²) in [4.78, 5) is 33.0. The Morgan fingerprint density at radius 1 is 0.932 bits per heavy atom. The van der Waals surface area contributed by atoms with E-state index >= 15 is 0 Å². The summed E-state index contributed by atoms with van der Waals surface area (Å²) in [5, 5.41) is 2.98. The number of amides is 1. The van der Waals surface area contributed by atoms with E-state index in [4.69, 9.17) is 14.5 Å². The molecule has 0 bridgehead atoms. The van der Waals surface area contributed by atoms with Gasteiger partial charge in [-0.05, 0) is 66.9 Å². The molecular weight excluding hydrogens is 570 g/mol. The van der Waals surface area contributed by atoms with Crippen LogP contribution in [0.1, 0.15) is 35.2 Å². The molecule has 7 nitrogen and oxygen atoms in total. The third-order valence-electron chi connectivity index (χ3n) is 7.49. The smallest absolute Gasteiger partial charge is 0.271 e. The molecule has 1 N–H and O–H groups in total. The molecule has 0 saturated heterocycles. The molecule has 0 aliphatic carbocycles. The number of nitrogens with zero attached hydrogens (tertiary/aromatic N) is 2. The minimum Gasteiger partial charge on any atom is -0.496 e. The highest BCUT2D eigenvalue weighted by atomic mass is 32.1. The standard InChI is InChI=1S/C36H31N3O4S/c1-23-12-10-11-17-29(23)43-22-27-20-25(18-19-30(27)42-3)21-31-35(41)39-33(26-13-6-4-7-14-26)32(24(2)37-36(39)44-31)34(40)38-28-15-8-5-9-16-28/h4-21,33H,22H2,1-3H3,(H,38,40)/b31-21-. The normalized spacial score (nSPS) is 14.5. The number of thiazole rings is 1. The Morgan fingerprint density at radius 2 is 1.64 bits per heavy atom. The molecule has 1 unspecified atom stereocenters. The van der Waals surface area contributed by atoms with Crippen LogP contribution in [0.2, 0.25) is 0 Å². The van der Waals surface area contributed by atoms with Gasteiger partial charge >= 0.3 is 0 Å². The second-order valence-corrected chi connectivity index (χ2v) is 11.4. The number of hydrogen-bond donors (Lipinski definition) is 1. The molecule has 0 radical (unpaired) electrons. The second-order valence-electron chi connectivity index (χ2n) is 10.4. The average Bonchev–Trinajstić information content (AvgIpc) is 3.34. The van der Waals surface area contributed by atoms with Crippen LogP contribution in [-0.2, 0) is 11.4 Å². The van der Waals surface area contributed by atoms with Crippen molar-refractivity contribution in [1.29, 1.82) is 0 Å². The van der Waals surface area contributed by atoms with Gasteiger partial charge in [0.05, 0.1) is 29.0 Å². The van der Waals surface area contributed by atoms with Crippen molar-refractivity contribution in [2.45, 2.75) is 26.5 Å². The van der Waals surface area contributed by atoms with E-state index in [1.807, 2.05) is 123 Å². The number of methoxy groups -OCH3 is 1. The molecule has 5 aromatic rings. The predicted octanol–water partition coefficient (Wildman–Crippen LogP) is 5.77.